The van der Waals surface area contributed by atoms with Gasteiger partial charge in [0, 0.05) is 26.1 Å². The molecule has 0 aromatic heterocycles. The molecular weight excluding hydrogens is 204 g/mol. The molecule has 1 fully saturated rings. The number of likely N-dealkylation sites (N-methyl/N-ethyl adjacent to an activating group) is 1. The fourth-order valence-electron chi connectivity index (χ4n) is 2.08. The molecular formula is C12H24N2O2. The molecule has 1 aliphatic rings. The smallest absolute Gasteiger partial charge is 0.223 e. The van der Waals surface area contributed by atoms with Crippen molar-refractivity contribution in [1.82, 2.24) is 10.2 Å². The third-order valence-electron chi connectivity index (χ3n) is 3.31. The number of rotatable bonds is 4. The van der Waals surface area contributed by atoms with Crippen molar-refractivity contribution in [3.05, 3.63) is 0 Å². The maximum atomic E-state index is 11.8. The molecule has 0 radical (unpaired) electrons. The average Bonchev–Trinajstić information content (AvgIpc) is 2.47. The van der Waals surface area contributed by atoms with Crippen molar-refractivity contribution < 1.29 is 9.90 Å². The van der Waals surface area contributed by atoms with Gasteiger partial charge in [0.15, 0.2) is 0 Å². The normalized spacial score (nSPS) is 23.9. The van der Waals surface area contributed by atoms with Crippen molar-refractivity contribution in [2.45, 2.75) is 33.3 Å². The highest BCUT2D eigenvalue weighted by Gasteiger charge is 2.37. The van der Waals surface area contributed by atoms with Crippen molar-refractivity contribution in [1.29, 1.82) is 0 Å². The minimum atomic E-state index is -0.465. The van der Waals surface area contributed by atoms with E-state index in [4.69, 9.17) is 0 Å². The van der Waals surface area contributed by atoms with Gasteiger partial charge in [0.1, 0.15) is 0 Å². The molecule has 4 heteroatoms. The summed E-state index contributed by atoms with van der Waals surface area (Å²) in [5.41, 5.74) is 0.165. The van der Waals surface area contributed by atoms with Crippen LogP contribution >= 0.6 is 0 Å². The average molecular weight is 228 g/mol. The molecule has 4 nitrogen and oxygen atoms in total. The molecule has 2 unspecified atom stereocenters. The van der Waals surface area contributed by atoms with Gasteiger partial charge in [0.2, 0.25) is 5.91 Å². The van der Waals surface area contributed by atoms with Gasteiger partial charge in [-0.3, -0.25) is 4.79 Å². The van der Waals surface area contributed by atoms with Crippen molar-refractivity contribution in [2.75, 3.05) is 26.7 Å². The SMILES string of the molecule is CNCC(O)CN1CC(C(C)(C)C)CC1=O. The Morgan fingerprint density at radius 2 is 2.19 bits per heavy atom. The summed E-state index contributed by atoms with van der Waals surface area (Å²) >= 11 is 0. The zero-order valence-corrected chi connectivity index (χ0v) is 10.8. The van der Waals surface area contributed by atoms with Gasteiger partial charge in [-0.2, -0.15) is 0 Å². The number of nitrogens with zero attached hydrogens (tertiary/aromatic N) is 1. The first-order valence-corrected chi connectivity index (χ1v) is 5.95. The Morgan fingerprint density at radius 1 is 1.56 bits per heavy atom. The summed E-state index contributed by atoms with van der Waals surface area (Å²) < 4.78 is 0. The number of aliphatic hydroxyl groups excluding tert-OH is 1. The van der Waals surface area contributed by atoms with E-state index in [1.54, 1.807) is 11.9 Å². The summed E-state index contributed by atoms with van der Waals surface area (Å²) in [5.74, 6) is 0.580. The quantitative estimate of drug-likeness (QED) is 0.735. The molecule has 0 bridgehead atoms. The molecule has 0 saturated carbocycles. The molecule has 2 N–H and O–H groups in total. The third kappa shape index (κ3) is 3.46. The van der Waals surface area contributed by atoms with E-state index in [0.29, 0.717) is 25.4 Å². The Morgan fingerprint density at radius 3 is 2.62 bits per heavy atom. The number of aliphatic hydroxyl groups is 1. The highest BCUT2D eigenvalue weighted by atomic mass is 16.3. The van der Waals surface area contributed by atoms with Crippen LogP contribution in [0.25, 0.3) is 0 Å². The third-order valence-corrected chi connectivity index (χ3v) is 3.31. The number of nitrogens with one attached hydrogen (secondary N) is 1. The lowest BCUT2D eigenvalue weighted by atomic mass is 9.80. The predicted octanol–water partition coefficient (Wildman–Crippen LogP) is 0.461. The van der Waals surface area contributed by atoms with Crippen molar-refractivity contribution in [3.63, 3.8) is 0 Å². The van der Waals surface area contributed by atoms with Crippen LogP contribution in [0.4, 0.5) is 0 Å². The number of hydrogen-bond donors (Lipinski definition) is 2. The van der Waals surface area contributed by atoms with Gasteiger partial charge >= 0.3 is 0 Å². The molecule has 0 spiro atoms. The number of carbonyl (C=O) groups is 1. The maximum absolute atomic E-state index is 11.8. The second kappa shape index (κ2) is 5.15. The van der Waals surface area contributed by atoms with E-state index in [1.807, 2.05) is 0 Å². The van der Waals surface area contributed by atoms with E-state index in [-0.39, 0.29) is 11.3 Å². The van der Waals surface area contributed by atoms with E-state index in [2.05, 4.69) is 26.1 Å². The monoisotopic (exact) mass is 228 g/mol. The Labute approximate surface area is 98.0 Å². The second-order valence-electron chi connectivity index (χ2n) is 5.78. The minimum absolute atomic E-state index is 0.165. The van der Waals surface area contributed by atoms with Crippen LogP contribution in [0.2, 0.25) is 0 Å². The van der Waals surface area contributed by atoms with E-state index in [9.17, 15) is 9.90 Å². The largest absolute Gasteiger partial charge is 0.390 e. The second-order valence-corrected chi connectivity index (χ2v) is 5.78. The summed E-state index contributed by atoms with van der Waals surface area (Å²) in [6, 6.07) is 0. The number of likely N-dealkylation sites (tertiary alicyclic amines) is 1. The molecule has 0 aliphatic carbocycles. The first-order chi connectivity index (χ1) is 7.34. The summed E-state index contributed by atoms with van der Waals surface area (Å²) in [6.45, 7) is 8.26. The van der Waals surface area contributed by atoms with Crippen LogP contribution in [-0.2, 0) is 4.79 Å². The summed E-state index contributed by atoms with van der Waals surface area (Å²) in [7, 11) is 1.80. The lowest BCUT2D eigenvalue weighted by Crippen LogP contribution is -2.38. The minimum Gasteiger partial charge on any atom is -0.390 e. The number of amides is 1. The summed E-state index contributed by atoms with van der Waals surface area (Å²) in [5, 5.41) is 12.6. The van der Waals surface area contributed by atoms with Crippen molar-refractivity contribution >= 4 is 5.91 Å². The summed E-state index contributed by atoms with van der Waals surface area (Å²) in [6.07, 6.45) is 0.156. The van der Waals surface area contributed by atoms with Gasteiger partial charge < -0.3 is 15.3 Å². The molecule has 1 aliphatic heterocycles. The lowest BCUT2D eigenvalue weighted by Gasteiger charge is -2.27. The van der Waals surface area contributed by atoms with Crippen LogP contribution in [0.1, 0.15) is 27.2 Å². The van der Waals surface area contributed by atoms with Crippen LogP contribution in [0.15, 0.2) is 0 Å². The highest BCUT2D eigenvalue weighted by molar-refractivity contribution is 5.78. The molecule has 94 valence electrons. The van der Waals surface area contributed by atoms with E-state index in [0.717, 1.165) is 6.54 Å². The lowest BCUT2D eigenvalue weighted by molar-refractivity contribution is -0.128. The van der Waals surface area contributed by atoms with E-state index in [1.165, 1.54) is 0 Å². The van der Waals surface area contributed by atoms with E-state index >= 15 is 0 Å². The summed E-state index contributed by atoms with van der Waals surface area (Å²) in [4.78, 5) is 13.6. The fraction of sp³-hybridized carbons (Fsp3) is 0.917. The molecule has 0 aromatic carbocycles. The number of carbonyl (C=O) groups excluding carboxylic acids is 1. The van der Waals surface area contributed by atoms with Gasteiger partial charge in [-0.15, -0.1) is 0 Å². The fourth-order valence-corrected chi connectivity index (χ4v) is 2.08. The number of β-amino-alcohol motifs (C(OH)–C–C–N with tert-alkyl or cyclic N) is 1. The molecule has 1 rings (SSSR count). The van der Waals surface area contributed by atoms with Crippen molar-refractivity contribution in [3.8, 4) is 0 Å². The van der Waals surface area contributed by atoms with Gasteiger partial charge in [0.25, 0.3) is 0 Å². The molecule has 1 saturated heterocycles. The van der Waals surface area contributed by atoms with Crippen molar-refractivity contribution in [2.24, 2.45) is 11.3 Å². The Balaban J connectivity index is 2.49. The Bertz CT molecular complexity index is 248. The van der Waals surface area contributed by atoms with Crippen LogP contribution in [-0.4, -0.2) is 48.7 Å². The molecule has 0 aromatic rings. The van der Waals surface area contributed by atoms with Gasteiger partial charge in [-0.1, -0.05) is 20.8 Å². The first kappa shape index (κ1) is 13.5. The van der Waals surface area contributed by atoms with Gasteiger partial charge in [0.05, 0.1) is 6.10 Å². The Kier molecular flexibility index (Phi) is 4.33. The Hall–Kier alpha value is -0.610. The first-order valence-electron chi connectivity index (χ1n) is 5.95. The maximum Gasteiger partial charge on any atom is 0.223 e. The molecule has 16 heavy (non-hydrogen) atoms. The van der Waals surface area contributed by atoms with Gasteiger partial charge in [-0.25, -0.2) is 0 Å². The standard InChI is InChI=1S/C12H24N2O2/c1-12(2,3)9-5-11(16)14(7-9)8-10(15)6-13-4/h9-10,13,15H,5-8H2,1-4H3. The van der Waals surface area contributed by atoms with Gasteiger partial charge in [-0.05, 0) is 18.4 Å². The number of hydrogen-bond acceptors (Lipinski definition) is 3. The molecule has 1 heterocycles. The predicted molar refractivity (Wildman–Crippen MR) is 64.1 cm³/mol. The molecule has 1 amide bonds. The van der Waals surface area contributed by atoms with Crippen LogP contribution in [0.3, 0.4) is 0 Å². The van der Waals surface area contributed by atoms with Crippen LogP contribution < -0.4 is 5.32 Å². The highest BCUT2D eigenvalue weighted by Crippen LogP contribution is 2.34. The van der Waals surface area contributed by atoms with E-state index < -0.39 is 6.10 Å². The zero-order valence-electron chi connectivity index (χ0n) is 10.8. The topological polar surface area (TPSA) is 52.6 Å². The van der Waals surface area contributed by atoms with Crippen LogP contribution in [0, 0.1) is 11.3 Å². The molecule has 2 atom stereocenters. The zero-order chi connectivity index (χ0) is 12.3. The van der Waals surface area contributed by atoms with Crippen LogP contribution in [0.5, 0.6) is 0 Å².